The zero-order valence-corrected chi connectivity index (χ0v) is 12.5. The van der Waals surface area contributed by atoms with Crippen LogP contribution < -0.4 is 0 Å². The van der Waals surface area contributed by atoms with E-state index in [1.165, 1.54) is 21.0 Å². The fraction of sp³-hybridized carbons (Fsp3) is 0. The van der Waals surface area contributed by atoms with Crippen LogP contribution >= 0.6 is 72.4 Å². The van der Waals surface area contributed by atoms with Gasteiger partial charge in [0, 0.05) is 17.2 Å². The number of halogens is 3. The smallest absolute Gasteiger partial charge is 0.0711 e. The molecule has 0 radical (unpaired) electrons. The monoisotopic (exact) mass is 464 g/mol. The average molecular weight is 465 g/mol. The Morgan fingerprint density at radius 3 is 2.50 bits per heavy atom. The van der Waals surface area contributed by atoms with Crippen molar-refractivity contribution in [3.05, 3.63) is 29.1 Å². The van der Waals surface area contributed by atoms with Crippen LogP contribution in [0.2, 0.25) is 0 Å². The van der Waals surface area contributed by atoms with E-state index in [1.807, 2.05) is 0 Å². The lowest BCUT2D eigenvalue weighted by molar-refractivity contribution is 1.73. The molecule has 12 heavy (non-hydrogen) atoms. The average Bonchev–Trinajstić information content (AvgIpc) is 2.41. The molecule has 2 aromatic rings. The third-order valence-corrected chi connectivity index (χ3v) is 5.43. The van der Waals surface area contributed by atoms with Crippen molar-refractivity contribution in [1.29, 1.82) is 0 Å². The molecular weight excluding hydrogens is 462 g/mol. The maximum Gasteiger partial charge on any atom is 0.0711 e. The van der Waals surface area contributed by atoms with E-state index in [-0.39, 0.29) is 0 Å². The van der Waals surface area contributed by atoms with Gasteiger partial charge in [-0.25, -0.2) is 0 Å². The van der Waals surface area contributed by atoms with Crippen molar-refractivity contribution in [3.63, 3.8) is 0 Å². The number of hydrogen-bond acceptors (Lipinski definition) is 1. The zero-order valence-electron chi connectivity index (χ0n) is 5.77. The SMILES string of the molecule is Brc1cc2c(I)ccc(I)c2s1. The topological polar surface area (TPSA) is 0 Å². The van der Waals surface area contributed by atoms with Crippen LogP contribution in [-0.2, 0) is 0 Å². The molecule has 4 heteroatoms. The van der Waals surface area contributed by atoms with Crippen LogP contribution in [0.1, 0.15) is 0 Å². The van der Waals surface area contributed by atoms with E-state index in [4.69, 9.17) is 0 Å². The van der Waals surface area contributed by atoms with Crippen molar-refractivity contribution in [2.75, 3.05) is 0 Å². The number of benzene rings is 1. The fourth-order valence-corrected chi connectivity index (χ4v) is 4.15. The normalized spacial score (nSPS) is 10.9. The quantitative estimate of drug-likeness (QED) is 0.488. The van der Waals surface area contributed by atoms with Gasteiger partial charge in [0.05, 0.1) is 3.79 Å². The fourth-order valence-electron chi connectivity index (χ4n) is 1.03. The van der Waals surface area contributed by atoms with Crippen LogP contribution in [0, 0.1) is 7.14 Å². The second-order valence-corrected chi connectivity index (χ2v) is 7.08. The lowest BCUT2D eigenvalue weighted by atomic mass is 10.3. The summed E-state index contributed by atoms with van der Waals surface area (Å²) < 4.78 is 5.25. The van der Waals surface area contributed by atoms with Crippen LogP contribution in [0.15, 0.2) is 22.0 Å². The lowest BCUT2D eigenvalue weighted by Gasteiger charge is -1.95. The first-order valence-corrected chi connectivity index (χ1v) is 6.98. The van der Waals surface area contributed by atoms with Gasteiger partial charge in [-0.2, -0.15) is 0 Å². The van der Waals surface area contributed by atoms with Crippen LogP contribution in [0.3, 0.4) is 0 Å². The zero-order chi connectivity index (χ0) is 8.72. The van der Waals surface area contributed by atoms with Crippen molar-refractivity contribution in [1.82, 2.24) is 0 Å². The van der Waals surface area contributed by atoms with E-state index in [1.54, 1.807) is 11.3 Å². The predicted molar refractivity (Wildman–Crippen MR) is 75.0 cm³/mol. The Kier molecular flexibility index (Phi) is 2.98. The van der Waals surface area contributed by atoms with Gasteiger partial charge in [-0.3, -0.25) is 0 Å². The molecule has 2 rings (SSSR count). The largest absolute Gasteiger partial charge is 0.127 e. The molecule has 0 aliphatic rings. The molecule has 0 nitrogen and oxygen atoms in total. The molecule has 1 aromatic carbocycles. The first-order chi connectivity index (χ1) is 5.68. The van der Waals surface area contributed by atoms with E-state index >= 15 is 0 Å². The van der Waals surface area contributed by atoms with Crippen LogP contribution in [0.5, 0.6) is 0 Å². The molecule has 0 saturated heterocycles. The maximum absolute atomic E-state index is 3.50. The summed E-state index contributed by atoms with van der Waals surface area (Å²) in [6, 6.07) is 6.50. The summed E-state index contributed by atoms with van der Waals surface area (Å²) in [5, 5.41) is 1.36. The minimum atomic E-state index is 1.21. The van der Waals surface area contributed by atoms with Gasteiger partial charge < -0.3 is 0 Å². The molecule has 0 aliphatic heterocycles. The van der Waals surface area contributed by atoms with Gasteiger partial charge >= 0.3 is 0 Å². The highest BCUT2D eigenvalue weighted by Gasteiger charge is 2.05. The lowest BCUT2D eigenvalue weighted by Crippen LogP contribution is -1.74. The standard InChI is InChI=1S/C8H3BrI2S/c9-7-3-4-5(10)1-2-6(11)8(4)12-7/h1-3H. The molecule has 0 aliphatic carbocycles. The first-order valence-electron chi connectivity index (χ1n) is 3.21. The summed E-state index contributed by atoms with van der Waals surface area (Å²) in [5.74, 6) is 0. The Morgan fingerprint density at radius 2 is 1.83 bits per heavy atom. The molecule has 0 N–H and O–H groups in total. The van der Waals surface area contributed by atoms with Gasteiger partial charge in [-0.1, -0.05) is 0 Å². The summed E-state index contributed by atoms with van der Waals surface area (Å²) in [7, 11) is 0. The number of hydrogen-bond donors (Lipinski definition) is 0. The number of fused-ring (bicyclic) bond motifs is 1. The molecule has 62 valence electrons. The van der Waals surface area contributed by atoms with Crippen LogP contribution in [-0.4, -0.2) is 0 Å². The minimum Gasteiger partial charge on any atom is -0.127 e. The van der Waals surface area contributed by atoms with E-state index in [0.717, 1.165) is 0 Å². The van der Waals surface area contributed by atoms with E-state index in [0.29, 0.717) is 0 Å². The van der Waals surface area contributed by atoms with Crippen LogP contribution in [0.4, 0.5) is 0 Å². The highest BCUT2D eigenvalue weighted by molar-refractivity contribution is 14.1. The summed E-state index contributed by atoms with van der Waals surface area (Å²) in [4.78, 5) is 0. The summed E-state index contributed by atoms with van der Waals surface area (Å²) >= 11 is 10.0. The molecule has 0 fully saturated rings. The minimum absolute atomic E-state index is 1.21. The van der Waals surface area contributed by atoms with E-state index in [9.17, 15) is 0 Å². The maximum atomic E-state index is 3.50. The molecular formula is C8H3BrI2S. The Morgan fingerprint density at radius 1 is 1.17 bits per heavy atom. The number of rotatable bonds is 0. The van der Waals surface area contributed by atoms with E-state index in [2.05, 4.69) is 79.3 Å². The van der Waals surface area contributed by atoms with Gasteiger partial charge in [0.1, 0.15) is 0 Å². The van der Waals surface area contributed by atoms with Gasteiger partial charge in [0.2, 0.25) is 0 Å². The van der Waals surface area contributed by atoms with Crippen LogP contribution in [0.25, 0.3) is 10.1 Å². The molecule has 0 saturated carbocycles. The molecule has 0 unspecified atom stereocenters. The van der Waals surface area contributed by atoms with Crippen molar-refractivity contribution in [2.45, 2.75) is 0 Å². The van der Waals surface area contributed by atoms with Gasteiger partial charge in [0.15, 0.2) is 0 Å². The molecule has 1 heterocycles. The highest BCUT2D eigenvalue weighted by Crippen LogP contribution is 2.35. The summed E-state index contributed by atoms with van der Waals surface area (Å²) in [6.07, 6.45) is 0. The predicted octanol–water partition coefficient (Wildman–Crippen LogP) is 4.87. The van der Waals surface area contributed by atoms with Crippen molar-refractivity contribution in [2.24, 2.45) is 0 Å². The Bertz CT molecular complexity index is 397. The molecule has 0 amide bonds. The van der Waals surface area contributed by atoms with Crippen molar-refractivity contribution < 1.29 is 0 Å². The molecule has 0 bridgehead atoms. The Balaban J connectivity index is 2.93. The third-order valence-electron chi connectivity index (χ3n) is 1.55. The van der Waals surface area contributed by atoms with E-state index < -0.39 is 0 Å². The molecule has 1 aromatic heterocycles. The Hall–Kier alpha value is 1.12. The third kappa shape index (κ3) is 1.67. The van der Waals surface area contributed by atoms with Crippen molar-refractivity contribution in [3.8, 4) is 0 Å². The Labute approximate surface area is 110 Å². The van der Waals surface area contributed by atoms with Gasteiger partial charge in [0.25, 0.3) is 0 Å². The summed E-state index contributed by atoms with van der Waals surface area (Å²) in [5.41, 5.74) is 0. The second kappa shape index (κ2) is 3.70. The number of thiophene rings is 1. The van der Waals surface area contributed by atoms with Crippen molar-refractivity contribution >= 4 is 82.5 Å². The molecule has 0 spiro atoms. The highest BCUT2D eigenvalue weighted by atomic mass is 127. The van der Waals surface area contributed by atoms with Gasteiger partial charge in [-0.15, -0.1) is 11.3 Å². The first kappa shape index (κ1) is 9.67. The van der Waals surface area contributed by atoms with Gasteiger partial charge in [-0.05, 0) is 79.3 Å². The second-order valence-electron chi connectivity index (χ2n) is 2.32. The molecule has 0 atom stereocenters. The summed E-state index contributed by atoms with van der Waals surface area (Å²) in [6.45, 7) is 0.